The number of aromatic carboxylic acids is 1. The Balaban J connectivity index is 0.000000170. The van der Waals surface area contributed by atoms with Gasteiger partial charge in [0.1, 0.15) is 11.4 Å². The van der Waals surface area contributed by atoms with Crippen molar-refractivity contribution < 1.29 is 41.0 Å². The first-order valence-corrected chi connectivity index (χ1v) is 17.5. The van der Waals surface area contributed by atoms with Gasteiger partial charge in [-0.1, -0.05) is 60.7 Å². The minimum atomic E-state index is -4.63. The van der Waals surface area contributed by atoms with Crippen molar-refractivity contribution in [2.45, 2.75) is 12.4 Å². The van der Waals surface area contributed by atoms with Gasteiger partial charge in [-0.3, -0.25) is 23.7 Å². The van der Waals surface area contributed by atoms with Crippen molar-refractivity contribution >= 4 is 44.8 Å². The van der Waals surface area contributed by atoms with Crippen LogP contribution in [-0.4, -0.2) is 56.9 Å². The van der Waals surface area contributed by atoms with Gasteiger partial charge in [0, 0.05) is 59.5 Å². The van der Waals surface area contributed by atoms with Crippen LogP contribution in [0.5, 0.6) is 0 Å². The highest BCUT2D eigenvalue weighted by Gasteiger charge is 2.36. The van der Waals surface area contributed by atoms with E-state index in [4.69, 9.17) is 10.8 Å². The van der Waals surface area contributed by atoms with Gasteiger partial charge in [-0.05, 0) is 36.4 Å². The van der Waals surface area contributed by atoms with E-state index >= 15 is 0 Å². The third kappa shape index (κ3) is 9.62. The number of carbonyl (C=O) groups is 2. The highest BCUT2D eigenvalue weighted by molar-refractivity contribution is 6.03. The van der Waals surface area contributed by atoms with Gasteiger partial charge in [-0.2, -0.15) is 46.7 Å². The number of carboxylic acids is 1. The summed E-state index contributed by atoms with van der Waals surface area (Å²) in [5, 5.41) is 33.2. The molecule has 312 valence electrons. The van der Waals surface area contributed by atoms with Gasteiger partial charge in [0.15, 0.2) is 11.4 Å². The Hall–Kier alpha value is -8.10. The van der Waals surface area contributed by atoms with Crippen LogP contribution >= 0.6 is 0 Å². The zero-order chi connectivity index (χ0) is 44.2. The fourth-order valence-electron chi connectivity index (χ4n) is 5.84. The summed E-state index contributed by atoms with van der Waals surface area (Å²) in [4.78, 5) is 46.3. The lowest BCUT2D eigenvalue weighted by atomic mass is 10.0. The van der Waals surface area contributed by atoms with Crippen LogP contribution in [0, 0.1) is 0 Å². The van der Waals surface area contributed by atoms with Gasteiger partial charge >= 0.3 is 18.3 Å². The maximum atomic E-state index is 12.8. The molecule has 1 amide bonds. The van der Waals surface area contributed by atoms with Gasteiger partial charge < -0.3 is 16.2 Å². The number of rotatable bonds is 5. The van der Waals surface area contributed by atoms with Crippen LogP contribution in [0.1, 0.15) is 32.4 Å². The maximum absolute atomic E-state index is 12.8. The molecule has 6 N–H and O–H groups in total. The van der Waals surface area contributed by atoms with Crippen LogP contribution < -0.4 is 22.2 Å². The molecular weight excluding hydrogens is 814 g/mol. The van der Waals surface area contributed by atoms with E-state index in [-0.39, 0.29) is 16.8 Å². The third-order valence-electron chi connectivity index (χ3n) is 8.78. The predicted octanol–water partition coefficient (Wildman–Crippen LogP) is 6.90. The number of H-pyrrole nitrogens is 2. The number of aromatic nitrogens is 8. The second-order valence-corrected chi connectivity index (χ2v) is 12.9. The van der Waals surface area contributed by atoms with E-state index in [2.05, 4.69) is 35.9 Å². The highest BCUT2D eigenvalue weighted by Crippen LogP contribution is 2.30. The lowest BCUT2D eigenvalue weighted by Gasteiger charge is -2.08. The second-order valence-electron chi connectivity index (χ2n) is 12.9. The normalized spacial score (nSPS) is 11.3. The molecule has 8 aromatic rings. The zero-order valence-corrected chi connectivity index (χ0v) is 31.5. The number of hydrogen-bond donors (Lipinski definition) is 5. The first-order chi connectivity index (χ1) is 28.8. The largest absolute Gasteiger partial charge is 0.477 e. The molecule has 0 aliphatic carbocycles. The number of carboxylic acid groups (broad SMARTS) is 1. The average Bonchev–Trinajstić information content (AvgIpc) is 3.83. The first-order valence-electron chi connectivity index (χ1n) is 17.5. The number of benzene rings is 4. The van der Waals surface area contributed by atoms with Gasteiger partial charge in [0.05, 0.1) is 22.2 Å². The van der Waals surface area contributed by atoms with Crippen LogP contribution in [0.15, 0.2) is 119 Å². The second kappa shape index (κ2) is 17.0. The van der Waals surface area contributed by atoms with E-state index in [1.165, 1.54) is 7.05 Å². The molecule has 61 heavy (non-hydrogen) atoms. The molecular formula is C40H30F6N10O5. The molecule has 0 radical (unpaired) electrons. The van der Waals surface area contributed by atoms with Crippen LogP contribution in [0.25, 0.3) is 44.1 Å². The SMILES string of the molecule is Cn1nc(C(F)(F)F)cc1C(=O)Nc1ccc(-c2n[nH]c(=O)c3ccccc23)cc1.Cn1nc(C(F)(F)F)cc1C(=O)O.Nc1ccc(-c2n[nH]c(=O)c3ccccc23)cc1. The molecule has 15 nitrogen and oxygen atoms in total. The van der Waals surface area contributed by atoms with Gasteiger partial charge in [-0.15, -0.1) is 0 Å². The number of halogens is 6. The summed E-state index contributed by atoms with van der Waals surface area (Å²) >= 11 is 0. The molecule has 8 rings (SSSR count). The summed E-state index contributed by atoms with van der Waals surface area (Å²) in [6.07, 6.45) is -9.24. The van der Waals surface area contributed by atoms with E-state index in [9.17, 15) is 45.5 Å². The predicted molar refractivity (Wildman–Crippen MR) is 211 cm³/mol. The Labute approximate surface area is 338 Å². The Bertz CT molecular complexity index is 3010. The van der Waals surface area contributed by atoms with Crippen molar-refractivity contribution in [2.24, 2.45) is 14.1 Å². The Morgan fingerprint density at radius 2 is 1.02 bits per heavy atom. The van der Waals surface area contributed by atoms with E-state index in [1.54, 1.807) is 54.6 Å². The number of aryl methyl sites for hydroxylation is 2. The number of carbonyl (C=O) groups excluding carboxylic acids is 1. The number of fused-ring (bicyclic) bond motifs is 2. The van der Waals surface area contributed by atoms with E-state index in [1.807, 2.05) is 42.5 Å². The van der Waals surface area contributed by atoms with Crippen LogP contribution in [-0.2, 0) is 26.4 Å². The number of anilines is 2. The molecule has 4 aromatic heterocycles. The summed E-state index contributed by atoms with van der Waals surface area (Å²) in [5.74, 6) is -2.16. The van der Waals surface area contributed by atoms with Crippen molar-refractivity contribution in [3.05, 3.63) is 153 Å². The van der Waals surface area contributed by atoms with E-state index in [0.29, 0.717) is 55.6 Å². The van der Waals surface area contributed by atoms with Crippen molar-refractivity contribution in [1.29, 1.82) is 0 Å². The van der Waals surface area contributed by atoms with Gasteiger partial charge in [0.2, 0.25) is 0 Å². The quantitative estimate of drug-likeness (QED) is 0.0891. The third-order valence-corrected chi connectivity index (χ3v) is 8.78. The minimum Gasteiger partial charge on any atom is -0.477 e. The molecule has 0 unspecified atom stereocenters. The molecule has 4 aromatic carbocycles. The molecule has 0 fully saturated rings. The standard InChI is InChI=1S/C20H14F3N5O2.C14H11N3O.C6H5F3N2O2/c1-28-15(10-16(27-28)20(21,22)23)19(30)24-12-8-6-11(7-9-12)17-13-4-2-3-5-14(13)18(29)26-25-17;15-10-7-5-9(6-8-10)13-11-3-1-2-4-12(11)14(18)17-16-13;1-11-3(5(12)13)2-4(10-11)6(7,8)9/h2-10H,1H3,(H,24,30)(H,26,29);1-8H,15H2,(H,17,18);2H,1H3,(H,12,13). The van der Waals surface area contributed by atoms with Crippen molar-refractivity contribution in [2.75, 3.05) is 11.1 Å². The fourth-order valence-corrected chi connectivity index (χ4v) is 5.84. The van der Waals surface area contributed by atoms with Gasteiger partial charge in [0.25, 0.3) is 17.0 Å². The number of amides is 1. The highest BCUT2D eigenvalue weighted by atomic mass is 19.4. The molecule has 0 aliphatic rings. The lowest BCUT2D eigenvalue weighted by Crippen LogP contribution is -2.16. The molecule has 0 saturated carbocycles. The number of nitrogens with two attached hydrogens (primary N) is 1. The zero-order valence-electron chi connectivity index (χ0n) is 31.5. The molecule has 0 spiro atoms. The van der Waals surface area contributed by atoms with Gasteiger partial charge in [-0.25, -0.2) is 15.0 Å². The van der Waals surface area contributed by atoms with Crippen molar-refractivity contribution in [1.82, 2.24) is 40.0 Å². The smallest absolute Gasteiger partial charge is 0.435 e. The fraction of sp³-hybridized carbons (Fsp3) is 0.100. The molecule has 0 saturated heterocycles. The molecule has 4 heterocycles. The van der Waals surface area contributed by atoms with Crippen molar-refractivity contribution in [3.8, 4) is 22.5 Å². The molecule has 0 bridgehead atoms. The Morgan fingerprint density at radius 1 is 0.623 bits per heavy atom. The monoisotopic (exact) mass is 844 g/mol. The minimum absolute atomic E-state index is 0.176. The van der Waals surface area contributed by atoms with Crippen LogP contribution in [0.2, 0.25) is 0 Å². The maximum Gasteiger partial charge on any atom is 0.435 e. The number of nitrogen functional groups attached to an aromatic ring is 1. The Kier molecular flexibility index (Phi) is 11.9. The molecule has 0 atom stereocenters. The average molecular weight is 845 g/mol. The first kappa shape index (κ1) is 42.5. The lowest BCUT2D eigenvalue weighted by molar-refractivity contribution is -0.142. The number of aromatic amines is 2. The Morgan fingerprint density at radius 3 is 1.41 bits per heavy atom. The van der Waals surface area contributed by atoms with Crippen molar-refractivity contribution in [3.63, 3.8) is 0 Å². The molecule has 21 heteroatoms. The topological polar surface area (TPSA) is 220 Å². The number of nitrogens with zero attached hydrogens (tertiary/aromatic N) is 6. The van der Waals surface area contributed by atoms with Crippen LogP contribution in [0.4, 0.5) is 37.7 Å². The van der Waals surface area contributed by atoms with E-state index in [0.717, 1.165) is 28.4 Å². The summed E-state index contributed by atoms with van der Waals surface area (Å²) < 4.78 is 75.8. The summed E-state index contributed by atoms with van der Waals surface area (Å²) in [6.45, 7) is 0. The molecule has 0 aliphatic heterocycles. The van der Waals surface area contributed by atoms with E-state index < -0.39 is 41.3 Å². The number of nitrogens with one attached hydrogen (secondary N) is 3. The van der Waals surface area contributed by atoms with Crippen LogP contribution in [0.3, 0.4) is 0 Å². The number of hydrogen-bond acceptors (Lipinski definition) is 9. The summed E-state index contributed by atoms with van der Waals surface area (Å²) in [6, 6.07) is 29.6. The number of alkyl halides is 6. The summed E-state index contributed by atoms with van der Waals surface area (Å²) in [7, 11) is 2.40. The summed E-state index contributed by atoms with van der Waals surface area (Å²) in [5.41, 5.74) is 6.15.